The van der Waals surface area contributed by atoms with Crippen molar-refractivity contribution in [2.75, 3.05) is 6.61 Å². The van der Waals surface area contributed by atoms with Crippen molar-refractivity contribution in [1.29, 1.82) is 0 Å². The van der Waals surface area contributed by atoms with Crippen LogP contribution in [0.5, 0.6) is 0 Å². The van der Waals surface area contributed by atoms with Crippen LogP contribution in [0.25, 0.3) is 10.6 Å². The summed E-state index contributed by atoms with van der Waals surface area (Å²) in [7, 11) is 1.89. The molecule has 0 radical (unpaired) electrons. The molecule has 0 N–H and O–H groups in total. The summed E-state index contributed by atoms with van der Waals surface area (Å²) in [5, 5.41) is 2.88. The molecule has 0 atom stereocenters. The molecule has 134 valence electrons. The number of Topliss-reactive ketones (excluding diaryl/α,β-unsaturated/α-hetero) is 1. The van der Waals surface area contributed by atoms with E-state index in [1.807, 2.05) is 37.6 Å². The van der Waals surface area contributed by atoms with Crippen LogP contribution in [0.2, 0.25) is 5.02 Å². The smallest absolute Gasteiger partial charge is 0.358 e. The van der Waals surface area contributed by atoms with E-state index in [1.54, 1.807) is 23.6 Å². The molecule has 0 unspecified atom stereocenters. The summed E-state index contributed by atoms with van der Waals surface area (Å²) in [5.74, 6) is -0.849. The van der Waals surface area contributed by atoms with Gasteiger partial charge in [0.2, 0.25) is 5.78 Å². The fourth-order valence-corrected chi connectivity index (χ4v) is 3.52. The fourth-order valence-electron chi connectivity index (χ4n) is 2.54. The lowest BCUT2D eigenvalue weighted by atomic mass is 10.1. The number of esters is 1. The summed E-state index contributed by atoms with van der Waals surface area (Å²) in [6, 6.07) is 9.03. The summed E-state index contributed by atoms with van der Waals surface area (Å²) >= 11 is 7.30. The van der Waals surface area contributed by atoms with Gasteiger partial charge in [-0.05, 0) is 32.0 Å². The number of halogens is 1. The van der Waals surface area contributed by atoms with Gasteiger partial charge in [0.15, 0.2) is 12.3 Å². The van der Waals surface area contributed by atoms with Gasteiger partial charge in [-0.1, -0.05) is 23.7 Å². The van der Waals surface area contributed by atoms with E-state index in [1.165, 1.54) is 11.3 Å². The molecule has 0 amide bonds. The van der Waals surface area contributed by atoms with Crippen LogP contribution in [0.1, 0.15) is 32.2 Å². The Hall–Kier alpha value is -2.44. The van der Waals surface area contributed by atoms with Gasteiger partial charge in [-0.25, -0.2) is 9.78 Å². The average molecular weight is 389 g/mol. The highest BCUT2D eigenvalue weighted by molar-refractivity contribution is 7.13. The Morgan fingerprint density at radius 1 is 1.27 bits per heavy atom. The molecule has 0 aliphatic rings. The Labute approximate surface area is 160 Å². The molecule has 0 saturated heterocycles. The lowest BCUT2D eigenvalue weighted by Crippen LogP contribution is -2.15. The first kappa shape index (κ1) is 18.4. The van der Waals surface area contributed by atoms with Gasteiger partial charge < -0.3 is 9.30 Å². The van der Waals surface area contributed by atoms with Crippen molar-refractivity contribution in [3.63, 3.8) is 0 Å². The molecular formula is C19H17ClN2O3S. The van der Waals surface area contributed by atoms with Crippen molar-refractivity contribution in [1.82, 2.24) is 9.55 Å². The number of ether oxygens (including phenoxy) is 1. The fraction of sp³-hybridized carbons (Fsp3) is 0.211. The largest absolute Gasteiger partial charge is 0.453 e. The molecule has 3 rings (SSSR count). The van der Waals surface area contributed by atoms with E-state index in [4.69, 9.17) is 16.3 Å². The van der Waals surface area contributed by atoms with E-state index in [9.17, 15) is 9.59 Å². The van der Waals surface area contributed by atoms with Gasteiger partial charge in [0.1, 0.15) is 5.01 Å². The topological polar surface area (TPSA) is 61.2 Å². The molecule has 5 nitrogen and oxygen atoms in total. The first-order chi connectivity index (χ1) is 12.4. The molecule has 0 saturated carbocycles. The minimum Gasteiger partial charge on any atom is -0.453 e. The predicted molar refractivity (Wildman–Crippen MR) is 102 cm³/mol. The van der Waals surface area contributed by atoms with Crippen LogP contribution in [0, 0.1) is 13.8 Å². The monoisotopic (exact) mass is 388 g/mol. The first-order valence-electron chi connectivity index (χ1n) is 7.91. The van der Waals surface area contributed by atoms with Crippen LogP contribution in [-0.4, -0.2) is 27.9 Å². The number of benzene rings is 1. The second kappa shape index (κ2) is 7.43. The molecule has 2 heterocycles. The molecule has 0 fully saturated rings. The van der Waals surface area contributed by atoms with Crippen LogP contribution in [-0.2, 0) is 11.8 Å². The number of hydrogen-bond acceptors (Lipinski definition) is 5. The lowest BCUT2D eigenvalue weighted by Gasteiger charge is -2.03. The van der Waals surface area contributed by atoms with E-state index >= 15 is 0 Å². The third kappa shape index (κ3) is 3.71. The quantitative estimate of drug-likeness (QED) is 0.478. The average Bonchev–Trinajstić information content (AvgIpc) is 3.21. The number of carbonyl (C=O) groups is 2. The van der Waals surface area contributed by atoms with E-state index in [0.717, 1.165) is 17.0 Å². The van der Waals surface area contributed by atoms with Crippen molar-refractivity contribution < 1.29 is 14.3 Å². The van der Waals surface area contributed by atoms with Crippen molar-refractivity contribution >= 4 is 34.7 Å². The minimum absolute atomic E-state index is 0.179. The standard InChI is InChI=1S/C19H17ClN2O3S/c1-11-7-15(12(2)22(11)3)17(23)9-25-19(24)16-10-26-18(21-16)13-5-4-6-14(20)8-13/h4-8,10H,9H2,1-3H3. The first-order valence-corrected chi connectivity index (χ1v) is 9.17. The van der Waals surface area contributed by atoms with Crippen molar-refractivity contribution in [2.45, 2.75) is 13.8 Å². The van der Waals surface area contributed by atoms with Crippen molar-refractivity contribution in [3.05, 3.63) is 63.4 Å². The summed E-state index contributed by atoms with van der Waals surface area (Å²) in [5.41, 5.74) is 3.39. The Bertz CT molecular complexity index is 991. The van der Waals surface area contributed by atoms with Gasteiger partial charge in [-0.2, -0.15) is 0 Å². The normalized spacial score (nSPS) is 10.8. The van der Waals surface area contributed by atoms with Crippen LogP contribution in [0.4, 0.5) is 0 Å². The molecule has 26 heavy (non-hydrogen) atoms. The maximum Gasteiger partial charge on any atom is 0.358 e. The summed E-state index contributed by atoms with van der Waals surface area (Å²) in [6.45, 7) is 3.47. The molecule has 3 aromatic rings. The summed E-state index contributed by atoms with van der Waals surface area (Å²) < 4.78 is 7.07. The van der Waals surface area contributed by atoms with Gasteiger partial charge in [-0.15, -0.1) is 11.3 Å². The molecule has 0 bridgehead atoms. The highest BCUT2D eigenvalue weighted by Crippen LogP contribution is 2.26. The molecule has 0 aliphatic heterocycles. The zero-order chi connectivity index (χ0) is 18.8. The van der Waals surface area contributed by atoms with Gasteiger partial charge in [0.05, 0.1) is 0 Å². The zero-order valence-electron chi connectivity index (χ0n) is 14.6. The highest BCUT2D eigenvalue weighted by Gasteiger charge is 2.18. The maximum absolute atomic E-state index is 12.3. The van der Waals surface area contributed by atoms with Crippen LogP contribution in [0.3, 0.4) is 0 Å². The highest BCUT2D eigenvalue weighted by atomic mass is 35.5. The molecule has 1 aromatic carbocycles. The predicted octanol–water partition coefficient (Wildman–Crippen LogP) is 4.46. The van der Waals surface area contributed by atoms with Gasteiger partial charge in [-0.3, -0.25) is 4.79 Å². The molecule has 2 aromatic heterocycles. The Kier molecular flexibility index (Phi) is 5.25. The Balaban J connectivity index is 1.67. The number of ketones is 1. The third-order valence-electron chi connectivity index (χ3n) is 4.19. The Morgan fingerprint density at radius 2 is 2.04 bits per heavy atom. The van der Waals surface area contributed by atoms with Crippen molar-refractivity contribution in [3.8, 4) is 10.6 Å². The van der Waals surface area contributed by atoms with E-state index in [0.29, 0.717) is 15.6 Å². The van der Waals surface area contributed by atoms with E-state index in [-0.39, 0.29) is 18.1 Å². The maximum atomic E-state index is 12.3. The number of hydrogen-bond donors (Lipinski definition) is 0. The van der Waals surface area contributed by atoms with E-state index < -0.39 is 5.97 Å². The van der Waals surface area contributed by atoms with Crippen molar-refractivity contribution in [2.24, 2.45) is 7.05 Å². The summed E-state index contributed by atoms with van der Waals surface area (Å²) in [4.78, 5) is 28.8. The number of rotatable bonds is 5. The van der Waals surface area contributed by atoms with E-state index in [2.05, 4.69) is 4.98 Å². The molecule has 0 spiro atoms. The van der Waals surface area contributed by atoms with Gasteiger partial charge in [0, 0.05) is 40.0 Å². The molecular weight excluding hydrogens is 372 g/mol. The minimum atomic E-state index is -0.617. The number of carbonyl (C=O) groups excluding carboxylic acids is 2. The SMILES string of the molecule is Cc1cc(C(=O)COC(=O)c2csc(-c3cccc(Cl)c3)n2)c(C)n1C. The van der Waals surface area contributed by atoms with Crippen LogP contribution >= 0.6 is 22.9 Å². The number of aryl methyl sites for hydroxylation is 1. The Morgan fingerprint density at radius 3 is 2.69 bits per heavy atom. The molecule has 0 aliphatic carbocycles. The lowest BCUT2D eigenvalue weighted by molar-refractivity contribution is 0.0469. The summed E-state index contributed by atoms with van der Waals surface area (Å²) in [6.07, 6.45) is 0. The van der Waals surface area contributed by atoms with Gasteiger partial charge >= 0.3 is 5.97 Å². The second-order valence-corrected chi connectivity index (χ2v) is 7.19. The number of thiazole rings is 1. The third-order valence-corrected chi connectivity index (χ3v) is 5.32. The van der Waals surface area contributed by atoms with Crippen LogP contribution in [0.15, 0.2) is 35.7 Å². The van der Waals surface area contributed by atoms with Crippen LogP contribution < -0.4 is 0 Å². The number of nitrogens with zero attached hydrogens (tertiary/aromatic N) is 2. The number of aromatic nitrogens is 2. The molecule has 7 heteroatoms. The second-order valence-electron chi connectivity index (χ2n) is 5.89. The van der Waals surface area contributed by atoms with Gasteiger partial charge in [0.25, 0.3) is 0 Å². The zero-order valence-corrected chi connectivity index (χ0v) is 16.1.